The van der Waals surface area contributed by atoms with E-state index in [2.05, 4.69) is 39.6 Å². The molecule has 0 saturated carbocycles. The van der Waals surface area contributed by atoms with Gasteiger partial charge in [0.05, 0.1) is 12.6 Å². The second-order valence-electron chi connectivity index (χ2n) is 6.34. The number of carbonyl (C=O) groups is 1. The smallest absolute Gasteiger partial charge is 0.308 e. The fourth-order valence-corrected chi connectivity index (χ4v) is 4.65. The van der Waals surface area contributed by atoms with Crippen LogP contribution in [0.2, 0.25) is 0 Å². The van der Waals surface area contributed by atoms with Crippen LogP contribution in [0.5, 0.6) is 0 Å². The summed E-state index contributed by atoms with van der Waals surface area (Å²) in [7, 11) is 0. The van der Waals surface area contributed by atoms with Crippen LogP contribution in [0.4, 0.5) is 4.39 Å². The maximum absolute atomic E-state index is 12.5. The van der Waals surface area contributed by atoms with Crippen LogP contribution in [-0.4, -0.2) is 41.3 Å². The van der Waals surface area contributed by atoms with Gasteiger partial charge in [-0.1, -0.05) is 12.1 Å². The van der Waals surface area contributed by atoms with Crippen molar-refractivity contribution in [3.8, 4) is 0 Å². The minimum absolute atomic E-state index is 0.0621. The molecule has 2 saturated heterocycles. The van der Waals surface area contributed by atoms with Crippen LogP contribution in [-0.2, 0) is 4.79 Å². The molecular weight excluding hydrogens is 396 g/mol. The lowest BCUT2D eigenvalue weighted by atomic mass is 9.76. The second-order valence-corrected chi connectivity index (χ2v) is 7.58. The highest BCUT2D eigenvalue weighted by Crippen LogP contribution is 2.47. The summed E-state index contributed by atoms with van der Waals surface area (Å²) in [5.41, 5.74) is 1.13. The molecule has 0 unspecified atom stereocenters. The van der Waals surface area contributed by atoms with E-state index in [1.807, 2.05) is 12.1 Å². The van der Waals surface area contributed by atoms with Gasteiger partial charge < -0.3 is 5.11 Å². The van der Waals surface area contributed by atoms with Crippen LogP contribution in [0.25, 0.3) is 0 Å². The summed E-state index contributed by atoms with van der Waals surface area (Å²) in [6.45, 7) is 0.364. The highest BCUT2D eigenvalue weighted by Gasteiger charge is 2.50. The third kappa shape index (κ3) is 3.02. The Morgan fingerprint density at radius 1 is 1.32 bits per heavy atom. The molecule has 2 aliphatic rings. The number of aliphatic carboxylic acids is 1. The first kappa shape index (κ1) is 16.2. The average Bonchev–Trinajstić information content (AvgIpc) is 2.76. The summed E-state index contributed by atoms with van der Waals surface area (Å²) < 4.78 is 13.7. The summed E-state index contributed by atoms with van der Waals surface area (Å²) in [6.07, 6.45) is 3.35. The van der Waals surface area contributed by atoms with Gasteiger partial charge in [-0.15, -0.1) is 0 Å². The molecule has 2 heterocycles. The lowest BCUT2D eigenvalue weighted by molar-refractivity contribution is -0.146. The maximum atomic E-state index is 12.5. The fraction of sp³-hybridized carbons (Fsp3) is 0.588. The molecule has 120 valence electrons. The van der Waals surface area contributed by atoms with Crippen molar-refractivity contribution in [2.75, 3.05) is 13.2 Å². The van der Waals surface area contributed by atoms with Gasteiger partial charge in [0.15, 0.2) is 0 Å². The Labute approximate surface area is 144 Å². The number of fused-ring (bicyclic) bond motifs is 2. The monoisotopic (exact) mass is 417 g/mol. The lowest BCUT2D eigenvalue weighted by Gasteiger charge is -2.43. The largest absolute Gasteiger partial charge is 0.481 e. The number of rotatable bonds is 5. The number of nitrogens with zero attached hydrogens (tertiary/aromatic N) is 1. The number of carboxylic acid groups (broad SMARTS) is 1. The molecule has 3 rings (SSSR count). The van der Waals surface area contributed by atoms with E-state index in [-0.39, 0.29) is 24.6 Å². The first-order valence-corrected chi connectivity index (χ1v) is 8.99. The molecule has 0 spiro atoms. The number of halogens is 2. The van der Waals surface area contributed by atoms with Crippen molar-refractivity contribution in [1.29, 1.82) is 0 Å². The zero-order valence-corrected chi connectivity index (χ0v) is 14.6. The normalized spacial score (nSPS) is 31.4. The molecule has 2 bridgehead atoms. The summed E-state index contributed by atoms with van der Waals surface area (Å²) in [4.78, 5) is 14.2. The van der Waals surface area contributed by atoms with Gasteiger partial charge in [-0.25, -0.2) is 0 Å². The topological polar surface area (TPSA) is 40.5 Å². The van der Waals surface area contributed by atoms with E-state index in [0.29, 0.717) is 19.0 Å². The van der Waals surface area contributed by atoms with Crippen molar-refractivity contribution in [2.24, 2.45) is 5.92 Å². The van der Waals surface area contributed by atoms with Crippen molar-refractivity contribution in [3.63, 3.8) is 0 Å². The van der Waals surface area contributed by atoms with E-state index in [9.17, 15) is 14.3 Å². The van der Waals surface area contributed by atoms with Crippen molar-refractivity contribution in [1.82, 2.24) is 4.90 Å². The van der Waals surface area contributed by atoms with E-state index >= 15 is 0 Å². The zero-order chi connectivity index (χ0) is 15.7. The van der Waals surface area contributed by atoms with Crippen molar-refractivity contribution >= 4 is 28.6 Å². The molecule has 3 nitrogen and oxygen atoms in total. The molecule has 0 amide bonds. The van der Waals surface area contributed by atoms with Crippen LogP contribution >= 0.6 is 22.6 Å². The third-order valence-electron chi connectivity index (χ3n) is 5.20. The van der Waals surface area contributed by atoms with Crippen molar-refractivity contribution in [3.05, 3.63) is 33.4 Å². The summed E-state index contributed by atoms with van der Waals surface area (Å²) >= 11 is 2.26. The average molecular weight is 417 g/mol. The quantitative estimate of drug-likeness (QED) is 0.744. The van der Waals surface area contributed by atoms with Gasteiger partial charge in [0, 0.05) is 28.1 Å². The van der Waals surface area contributed by atoms with Crippen LogP contribution in [0.1, 0.15) is 37.2 Å². The van der Waals surface area contributed by atoms with E-state index in [4.69, 9.17) is 0 Å². The maximum Gasteiger partial charge on any atom is 0.308 e. The molecule has 1 N–H and O–H groups in total. The Morgan fingerprint density at radius 3 is 2.68 bits per heavy atom. The molecule has 1 aromatic rings. The van der Waals surface area contributed by atoms with E-state index in [1.165, 1.54) is 0 Å². The molecule has 4 atom stereocenters. The minimum Gasteiger partial charge on any atom is -0.481 e. The Morgan fingerprint density at radius 2 is 2.05 bits per heavy atom. The second kappa shape index (κ2) is 6.83. The standard InChI is InChI=1S/C17H21FINO2/c18-8-1-9-20-13-6-7-15(20)16(17(21)22)14(10-13)11-2-4-12(19)5-3-11/h2-5,13-16H,1,6-10H2,(H,21,22)/t13-,14+,15+,16-/m1/s1. The lowest BCUT2D eigenvalue weighted by Crippen LogP contribution is -2.51. The molecule has 0 radical (unpaired) electrons. The Kier molecular flexibility index (Phi) is 5.02. The van der Waals surface area contributed by atoms with Gasteiger partial charge in [-0.05, 0) is 66.0 Å². The highest BCUT2D eigenvalue weighted by atomic mass is 127. The van der Waals surface area contributed by atoms with E-state index in [0.717, 1.165) is 28.4 Å². The zero-order valence-electron chi connectivity index (χ0n) is 12.4. The van der Waals surface area contributed by atoms with Gasteiger partial charge in [0.2, 0.25) is 0 Å². The van der Waals surface area contributed by atoms with Gasteiger partial charge in [-0.2, -0.15) is 0 Å². The number of carboxylic acids is 1. The van der Waals surface area contributed by atoms with E-state index < -0.39 is 5.97 Å². The molecule has 0 aliphatic carbocycles. The van der Waals surface area contributed by atoms with Gasteiger partial charge >= 0.3 is 5.97 Å². The van der Waals surface area contributed by atoms with Crippen LogP contribution in [0.3, 0.4) is 0 Å². The summed E-state index contributed by atoms with van der Waals surface area (Å²) in [6, 6.07) is 8.71. The Balaban J connectivity index is 1.87. The fourth-order valence-electron chi connectivity index (χ4n) is 4.29. The predicted octanol–water partition coefficient (Wildman–Crippen LogP) is 3.67. The first-order chi connectivity index (χ1) is 10.6. The van der Waals surface area contributed by atoms with Crippen molar-refractivity contribution in [2.45, 2.75) is 43.7 Å². The van der Waals surface area contributed by atoms with E-state index in [1.54, 1.807) is 0 Å². The van der Waals surface area contributed by atoms with Crippen molar-refractivity contribution < 1.29 is 14.3 Å². The highest BCUT2D eigenvalue weighted by molar-refractivity contribution is 14.1. The molecule has 1 aromatic carbocycles. The van der Waals surface area contributed by atoms with Crippen LogP contribution in [0, 0.1) is 9.49 Å². The molecule has 0 aromatic heterocycles. The number of hydrogen-bond donors (Lipinski definition) is 1. The summed E-state index contributed by atoms with van der Waals surface area (Å²) in [5, 5.41) is 9.79. The van der Waals surface area contributed by atoms with Gasteiger partial charge in [0.1, 0.15) is 0 Å². The Bertz CT molecular complexity index is 536. The predicted molar refractivity (Wildman–Crippen MR) is 91.8 cm³/mol. The Hall–Kier alpha value is -0.690. The number of piperidine rings is 1. The number of benzene rings is 1. The molecule has 5 heteroatoms. The summed E-state index contributed by atoms with van der Waals surface area (Å²) in [5.74, 6) is -1.01. The minimum atomic E-state index is -0.709. The third-order valence-corrected chi connectivity index (χ3v) is 5.92. The number of alkyl halides is 1. The van der Waals surface area contributed by atoms with Gasteiger partial charge in [-0.3, -0.25) is 14.1 Å². The van der Waals surface area contributed by atoms with Gasteiger partial charge in [0.25, 0.3) is 0 Å². The molecular formula is C17H21FINO2. The first-order valence-electron chi connectivity index (χ1n) is 7.91. The SMILES string of the molecule is O=C(O)[C@@H]1[C@H](c2ccc(I)cc2)C[C@H]2CC[C@@H]1N2CCCF. The van der Waals surface area contributed by atoms with Crippen LogP contribution < -0.4 is 0 Å². The number of hydrogen-bond acceptors (Lipinski definition) is 2. The molecule has 2 fully saturated rings. The van der Waals surface area contributed by atoms with Crippen LogP contribution in [0.15, 0.2) is 24.3 Å². The molecule has 2 aliphatic heterocycles. The molecule has 22 heavy (non-hydrogen) atoms.